The molecule has 0 atom stereocenters. The van der Waals surface area contributed by atoms with E-state index in [1.165, 1.54) is 12.0 Å². The standard InChI is InChI=1S/C20H22N2O6/c1-12-16(20(25)26-3)9-15(28-12)10-22(2)19(24)11-27-14-5-6-17-13(8-14)4-7-18(23)21-17/h5-6,8-9H,4,7,10-11H2,1-3H3,(H,21,23). The number of likely N-dealkylation sites (N-methyl/N-ethyl adjacent to an activating group) is 1. The van der Waals surface area contributed by atoms with Crippen molar-refractivity contribution in [2.75, 3.05) is 26.1 Å². The van der Waals surface area contributed by atoms with Crippen LogP contribution in [0.15, 0.2) is 28.7 Å². The van der Waals surface area contributed by atoms with Crippen LogP contribution in [-0.4, -0.2) is 43.4 Å². The maximum Gasteiger partial charge on any atom is 0.341 e. The zero-order valence-corrected chi connectivity index (χ0v) is 16.0. The average molecular weight is 386 g/mol. The van der Waals surface area contributed by atoms with Crippen molar-refractivity contribution in [3.8, 4) is 5.75 Å². The highest BCUT2D eigenvalue weighted by Gasteiger charge is 2.19. The van der Waals surface area contributed by atoms with Crippen LogP contribution in [0, 0.1) is 6.92 Å². The number of nitrogens with one attached hydrogen (secondary N) is 1. The number of hydrogen-bond donors (Lipinski definition) is 1. The first-order valence-corrected chi connectivity index (χ1v) is 8.84. The smallest absolute Gasteiger partial charge is 0.341 e. The number of anilines is 1. The van der Waals surface area contributed by atoms with Gasteiger partial charge in [-0.25, -0.2) is 4.79 Å². The minimum atomic E-state index is -0.478. The molecule has 0 saturated heterocycles. The Balaban J connectivity index is 1.56. The highest BCUT2D eigenvalue weighted by molar-refractivity contribution is 5.94. The summed E-state index contributed by atoms with van der Waals surface area (Å²) >= 11 is 0. The van der Waals surface area contributed by atoms with Crippen molar-refractivity contribution in [1.82, 2.24) is 4.90 Å². The SMILES string of the molecule is COC(=O)c1cc(CN(C)C(=O)COc2ccc3c(c2)CCC(=O)N3)oc1C. The fourth-order valence-electron chi connectivity index (χ4n) is 2.96. The van der Waals surface area contributed by atoms with Gasteiger partial charge in [0.1, 0.15) is 22.8 Å². The Morgan fingerprint density at radius 3 is 2.79 bits per heavy atom. The summed E-state index contributed by atoms with van der Waals surface area (Å²) in [4.78, 5) is 36.8. The van der Waals surface area contributed by atoms with Crippen LogP contribution in [0.1, 0.15) is 33.9 Å². The summed E-state index contributed by atoms with van der Waals surface area (Å²) < 4.78 is 15.8. The molecule has 2 amide bonds. The molecule has 0 fully saturated rings. The molecule has 1 aliphatic rings. The molecule has 0 unspecified atom stereocenters. The van der Waals surface area contributed by atoms with E-state index < -0.39 is 5.97 Å². The summed E-state index contributed by atoms with van der Waals surface area (Å²) in [6.45, 7) is 1.74. The van der Waals surface area contributed by atoms with Gasteiger partial charge < -0.3 is 24.1 Å². The highest BCUT2D eigenvalue weighted by Crippen LogP contribution is 2.26. The van der Waals surface area contributed by atoms with Gasteiger partial charge in [-0.2, -0.15) is 0 Å². The van der Waals surface area contributed by atoms with Crippen molar-refractivity contribution in [2.45, 2.75) is 26.3 Å². The van der Waals surface area contributed by atoms with E-state index in [9.17, 15) is 14.4 Å². The number of esters is 1. The third kappa shape index (κ3) is 4.33. The summed E-state index contributed by atoms with van der Waals surface area (Å²) in [5.41, 5.74) is 2.11. The molecule has 0 spiro atoms. The van der Waals surface area contributed by atoms with E-state index in [2.05, 4.69) is 5.32 Å². The van der Waals surface area contributed by atoms with Crippen LogP contribution >= 0.6 is 0 Å². The summed E-state index contributed by atoms with van der Waals surface area (Å²) in [7, 11) is 2.93. The zero-order valence-electron chi connectivity index (χ0n) is 16.0. The summed E-state index contributed by atoms with van der Waals surface area (Å²) in [6, 6.07) is 6.90. The van der Waals surface area contributed by atoms with Gasteiger partial charge in [-0.3, -0.25) is 9.59 Å². The number of amides is 2. The second kappa shape index (κ2) is 8.16. The van der Waals surface area contributed by atoms with Gasteiger partial charge in [-0.05, 0) is 43.2 Å². The van der Waals surface area contributed by atoms with Gasteiger partial charge in [-0.15, -0.1) is 0 Å². The number of furan rings is 1. The van der Waals surface area contributed by atoms with Gasteiger partial charge in [0.15, 0.2) is 6.61 Å². The van der Waals surface area contributed by atoms with Gasteiger partial charge in [0.2, 0.25) is 5.91 Å². The lowest BCUT2D eigenvalue weighted by atomic mass is 10.0. The number of methoxy groups -OCH3 is 1. The van der Waals surface area contributed by atoms with Gasteiger partial charge in [0.25, 0.3) is 5.91 Å². The predicted molar refractivity (Wildman–Crippen MR) is 100 cm³/mol. The van der Waals surface area contributed by atoms with Crippen molar-refractivity contribution >= 4 is 23.5 Å². The quantitative estimate of drug-likeness (QED) is 0.765. The lowest BCUT2D eigenvalue weighted by Gasteiger charge is -2.19. The molecule has 2 heterocycles. The molecule has 3 rings (SSSR count). The largest absolute Gasteiger partial charge is 0.484 e. The minimum absolute atomic E-state index is 0.00138. The Bertz CT molecular complexity index is 917. The summed E-state index contributed by atoms with van der Waals surface area (Å²) in [5.74, 6) is 0.784. The van der Waals surface area contributed by atoms with Crippen LogP contribution in [0.3, 0.4) is 0 Å². The third-order valence-corrected chi connectivity index (χ3v) is 4.53. The van der Waals surface area contributed by atoms with E-state index in [-0.39, 0.29) is 25.0 Å². The zero-order chi connectivity index (χ0) is 20.3. The summed E-state index contributed by atoms with van der Waals surface area (Å²) in [6.07, 6.45) is 1.08. The third-order valence-electron chi connectivity index (χ3n) is 4.53. The number of carbonyl (C=O) groups excluding carboxylic acids is 3. The lowest BCUT2D eigenvalue weighted by Crippen LogP contribution is -2.30. The maximum atomic E-state index is 12.3. The van der Waals surface area contributed by atoms with E-state index in [1.807, 2.05) is 6.07 Å². The van der Waals surface area contributed by atoms with Crippen LogP contribution in [0.2, 0.25) is 0 Å². The Hall–Kier alpha value is -3.29. The second-order valence-corrected chi connectivity index (χ2v) is 6.58. The van der Waals surface area contributed by atoms with Gasteiger partial charge in [0.05, 0.1) is 13.7 Å². The fourth-order valence-corrected chi connectivity index (χ4v) is 2.96. The van der Waals surface area contributed by atoms with E-state index in [0.29, 0.717) is 35.7 Å². The number of carbonyl (C=O) groups is 3. The predicted octanol–water partition coefficient (Wildman–Crippen LogP) is 2.30. The Morgan fingerprint density at radius 1 is 1.25 bits per heavy atom. The molecular weight excluding hydrogens is 364 g/mol. The normalized spacial score (nSPS) is 12.8. The maximum absolute atomic E-state index is 12.3. The van der Waals surface area contributed by atoms with Crippen molar-refractivity contribution in [3.05, 3.63) is 46.9 Å². The molecule has 8 nitrogen and oxygen atoms in total. The van der Waals surface area contributed by atoms with Crippen molar-refractivity contribution in [3.63, 3.8) is 0 Å². The molecule has 1 N–H and O–H groups in total. The molecule has 0 aliphatic carbocycles. The molecule has 148 valence electrons. The van der Waals surface area contributed by atoms with Crippen LogP contribution < -0.4 is 10.1 Å². The monoisotopic (exact) mass is 386 g/mol. The lowest BCUT2D eigenvalue weighted by molar-refractivity contribution is -0.132. The van der Waals surface area contributed by atoms with E-state index in [4.69, 9.17) is 13.9 Å². The number of rotatable bonds is 6. The van der Waals surface area contributed by atoms with Gasteiger partial charge in [0, 0.05) is 19.2 Å². The first-order chi connectivity index (χ1) is 13.4. The van der Waals surface area contributed by atoms with Crippen molar-refractivity contribution in [1.29, 1.82) is 0 Å². The van der Waals surface area contributed by atoms with Crippen LogP contribution in [0.5, 0.6) is 5.75 Å². The van der Waals surface area contributed by atoms with Gasteiger partial charge in [-0.1, -0.05) is 0 Å². The average Bonchev–Trinajstić information content (AvgIpc) is 3.05. The molecule has 28 heavy (non-hydrogen) atoms. The topological polar surface area (TPSA) is 98.1 Å². The van der Waals surface area contributed by atoms with Crippen molar-refractivity contribution < 1.29 is 28.3 Å². The molecule has 2 aromatic rings. The first-order valence-electron chi connectivity index (χ1n) is 8.84. The number of fused-ring (bicyclic) bond motifs is 1. The van der Waals surface area contributed by atoms with E-state index >= 15 is 0 Å². The molecule has 1 aromatic heterocycles. The molecule has 1 aliphatic heterocycles. The molecule has 0 radical (unpaired) electrons. The van der Waals surface area contributed by atoms with Crippen LogP contribution in [-0.2, 0) is 27.3 Å². The number of ether oxygens (including phenoxy) is 2. The first kappa shape index (κ1) is 19.5. The molecule has 0 bridgehead atoms. The molecule has 1 aromatic carbocycles. The van der Waals surface area contributed by atoms with Crippen LogP contribution in [0.4, 0.5) is 5.69 Å². The number of hydrogen-bond acceptors (Lipinski definition) is 6. The number of nitrogens with zero attached hydrogens (tertiary/aromatic N) is 1. The highest BCUT2D eigenvalue weighted by atomic mass is 16.5. The second-order valence-electron chi connectivity index (χ2n) is 6.58. The van der Waals surface area contributed by atoms with E-state index in [0.717, 1.165) is 11.3 Å². The Labute approximate surface area is 162 Å². The van der Waals surface area contributed by atoms with Gasteiger partial charge >= 0.3 is 5.97 Å². The molecule has 0 saturated carbocycles. The van der Waals surface area contributed by atoms with Crippen molar-refractivity contribution in [2.24, 2.45) is 0 Å². The molecular formula is C20H22N2O6. The minimum Gasteiger partial charge on any atom is -0.484 e. The Kier molecular flexibility index (Phi) is 5.67. The Morgan fingerprint density at radius 2 is 2.04 bits per heavy atom. The fraction of sp³-hybridized carbons (Fsp3) is 0.350. The number of aryl methyl sites for hydroxylation is 2. The summed E-state index contributed by atoms with van der Waals surface area (Å²) in [5, 5.41) is 2.80. The molecule has 8 heteroatoms. The van der Waals surface area contributed by atoms with E-state index in [1.54, 1.807) is 32.2 Å². The number of benzene rings is 1. The van der Waals surface area contributed by atoms with Crippen LogP contribution in [0.25, 0.3) is 0 Å².